The van der Waals surface area contributed by atoms with Crippen LogP contribution in [0.2, 0.25) is 0 Å². The van der Waals surface area contributed by atoms with Crippen molar-refractivity contribution in [3.63, 3.8) is 0 Å². The first-order valence-electron chi connectivity index (χ1n) is 5.31. The molecule has 5 heteroatoms. The first-order chi connectivity index (χ1) is 7.68. The molecular formula is C11H16NOP3. The molecule has 1 saturated heterocycles. The highest BCUT2D eigenvalue weighted by Gasteiger charge is 2.29. The Labute approximate surface area is 102 Å². The third-order valence-electron chi connectivity index (χ3n) is 2.88. The van der Waals surface area contributed by atoms with Gasteiger partial charge >= 0.3 is 0 Å². The molecule has 1 aromatic carbocycles. The van der Waals surface area contributed by atoms with Crippen LogP contribution in [-0.2, 0) is 4.79 Å². The standard InChI is InChI=1S/C11H16NOP3/c13-10-6-7-12(16(14)15)11(8-10)9-4-2-1-3-5-9/h1-5,11H,6-8,14-15H2. The highest BCUT2D eigenvalue weighted by Crippen LogP contribution is 2.60. The molecule has 2 rings (SSSR count). The Bertz CT molecular complexity index is 369. The molecule has 0 aromatic heterocycles. The second-order valence-corrected chi connectivity index (χ2v) is 10.2. The van der Waals surface area contributed by atoms with E-state index in [2.05, 4.69) is 34.7 Å². The predicted octanol–water partition coefficient (Wildman–Crippen LogP) is 3.37. The van der Waals surface area contributed by atoms with Gasteiger partial charge < -0.3 is 0 Å². The van der Waals surface area contributed by atoms with Crippen molar-refractivity contribution in [3.8, 4) is 0 Å². The lowest BCUT2D eigenvalue weighted by atomic mass is 9.97. The van der Waals surface area contributed by atoms with Gasteiger partial charge in [0.1, 0.15) is 5.78 Å². The molecule has 0 saturated carbocycles. The molecule has 1 aliphatic rings. The lowest BCUT2D eigenvalue weighted by Gasteiger charge is -2.37. The van der Waals surface area contributed by atoms with E-state index >= 15 is 0 Å². The fraction of sp³-hybridized carbons (Fsp3) is 0.364. The van der Waals surface area contributed by atoms with Crippen LogP contribution in [0.5, 0.6) is 0 Å². The van der Waals surface area contributed by atoms with E-state index in [1.54, 1.807) is 0 Å². The molecule has 3 unspecified atom stereocenters. The van der Waals surface area contributed by atoms with Crippen LogP contribution in [0.15, 0.2) is 30.3 Å². The van der Waals surface area contributed by atoms with Gasteiger partial charge in [-0.05, 0) is 5.56 Å². The van der Waals surface area contributed by atoms with E-state index in [9.17, 15) is 4.79 Å². The molecule has 86 valence electrons. The topological polar surface area (TPSA) is 20.3 Å². The highest BCUT2D eigenvalue weighted by molar-refractivity contribution is 8.42. The Morgan fingerprint density at radius 3 is 2.56 bits per heavy atom. The van der Waals surface area contributed by atoms with Gasteiger partial charge in [0, 0.05) is 32.9 Å². The van der Waals surface area contributed by atoms with Crippen molar-refractivity contribution < 1.29 is 4.79 Å². The number of hydrogen-bond acceptors (Lipinski definition) is 2. The van der Waals surface area contributed by atoms with Crippen LogP contribution in [0.1, 0.15) is 24.4 Å². The molecule has 0 aliphatic carbocycles. The summed E-state index contributed by atoms with van der Waals surface area (Å²) in [6.07, 6.45) is 1.36. The van der Waals surface area contributed by atoms with E-state index in [1.165, 1.54) is 5.56 Å². The van der Waals surface area contributed by atoms with Crippen LogP contribution in [0.25, 0.3) is 0 Å². The first kappa shape index (κ1) is 12.6. The van der Waals surface area contributed by atoms with Crippen LogP contribution in [0.4, 0.5) is 0 Å². The normalized spacial score (nSPS) is 22.7. The van der Waals surface area contributed by atoms with Crippen molar-refractivity contribution in [1.29, 1.82) is 0 Å². The van der Waals surface area contributed by atoms with Gasteiger partial charge in [0.2, 0.25) is 0 Å². The summed E-state index contributed by atoms with van der Waals surface area (Å²) in [5, 5.41) is 0. The van der Waals surface area contributed by atoms with Gasteiger partial charge in [0.15, 0.2) is 0 Å². The van der Waals surface area contributed by atoms with E-state index < -0.39 is 0 Å². The number of piperidine rings is 1. The van der Waals surface area contributed by atoms with E-state index in [4.69, 9.17) is 0 Å². The molecule has 3 atom stereocenters. The van der Waals surface area contributed by atoms with Gasteiger partial charge in [-0.1, -0.05) is 48.2 Å². The Balaban J connectivity index is 2.24. The quantitative estimate of drug-likeness (QED) is 0.769. The van der Waals surface area contributed by atoms with Crippen molar-refractivity contribution in [3.05, 3.63) is 35.9 Å². The number of ketones is 1. The summed E-state index contributed by atoms with van der Waals surface area (Å²) in [6, 6.07) is 10.6. The lowest BCUT2D eigenvalue weighted by Crippen LogP contribution is -2.31. The zero-order valence-electron chi connectivity index (χ0n) is 9.04. The Kier molecular flexibility index (Phi) is 4.45. The molecule has 2 nitrogen and oxygen atoms in total. The second kappa shape index (κ2) is 5.65. The second-order valence-electron chi connectivity index (χ2n) is 3.96. The zero-order valence-corrected chi connectivity index (χ0v) is 12.2. The van der Waals surface area contributed by atoms with E-state index in [1.807, 2.05) is 18.2 Å². The fourth-order valence-electron chi connectivity index (χ4n) is 2.06. The highest BCUT2D eigenvalue weighted by atomic mass is 32.4. The number of benzene rings is 1. The van der Waals surface area contributed by atoms with Crippen molar-refractivity contribution >= 4 is 31.1 Å². The van der Waals surface area contributed by atoms with Gasteiger partial charge in [-0.3, -0.25) is 9.46 Å². The minimum absolute atomic E-state index is 0.267. The number of hydrogen-bond donors (Lipinski definition) is 0. The zero-order chi connectivity index (χ0) is 11.5. The lowest BCUT2D eigenvalue weighted by molar-refractivity contribution is -0.121. The van der Waals surface area contributed by atoms with Gasteiger partial charge in [0.05, 0.1) is 0 Å². The smallest absolute Gasteiger partial charge is 0.136 e. The summed E-state index contributed by atoms with van der Waals surface area (Å²) in [5.41, 5.74) is 1.26. The fourth-order valence-corrected chi connectivity index (χ4v) is 4.59. The molecule has 0 spiro atoms. The third-order valence-corrected chi connectivity index (χ3v) is 5.73. The van der Waals surface area contributed by atoms with Crippen molar-refractivity contribution in [2.75, 3.05) is 6.54 Å². The first-order valence-corrected chi connectivity index (χ1v) is 9.84. The number of nitrogens with zero attached hydrogens (tertiary/aromatic N) is 1. The maximum absolute atomic E-state index is 11.6. The van der Waals surface area contributed by atoms with Crippen molar-refractivity contribution in [2.45, 2.75) is 18.9 Å². The van der Waals surface area contributed by atoms with E-state index in [0.29, 0.717) is 18.6 Å². The summed E-state index contributed by atoms with van der Waals surface area (Å²) in [5.74, 6) is 0.386. The molecule has 0 amide bonds. The Hall–Kier alpha value is 0.140. The Morgan fingerprint density at radius 2 is 1.94 bits per heavy atom. The average molecular weight is 271 g/mol. The molecular weight excluding hydrogens is 255 g/mol. The molecule has 1 heterocycles. The van der Waals surface area contributed by atoms with Crippen LogP contribution in [-0.4, -0.2) is 17.0 Å². The van der Waals surface area contributed by atoms with Gasteiger partial charge in [-0.15, -0.1) is 0 Å². The summed E-state index contributed by atoms with van der Waals surface area (Å²) >= 11 is 0. The molecule has 0 N–H and O–H groups in total. The van der Waals surface area contributed by atoms with Crippen LogP contribution >= 0.6 is 25.3 Å². The molecule has 16 heavy (non-hydrogen) atoms. The molecule has 0 radical (unpaired) electrons. The van der Waals surface area contributed by atoms with Gasteiger partial charge in [0.25, 0.3) is 0 Å². The Morgan fingerprint density at radius 1 is 1.25 bits per heavy atom. The average Bonchev–Trinajstić information content (AvgIpc) is 2.29. The molecule has 1 aliphatic heterocycles. The third kappa shape index (κ3) is 2.88. The molecule has 1 aromatic rings. The van der Waals surface area contributed by atoms with Crippen molar-refractivity contribution in [2.24, 2.45) is 0 Å². The van der Waals surface area contributed by atoms with E-state index in [0.717, 1.165) is 6.54 Å². The van der Waals surface area contributed by atoms with Gasteiger partial charge in [-0.2, -0.15) is 0 Å². The molecule has 1 fully saturated rings. The van der Waals surface area contributed by atoms with Crippen LogP contribution in [0.3, 0.4) is 0 Å². The summed E-state index contributed by atoms with van der Waals surface area (Å²) in [4.78, 5) is 11.6. The summed E-state index contributed by atoms with van der Waals surface area (Å²) in [7, 11) is 5.42. The number of carbonyl (C=O) groups is 1. The minimum Gasteiger partial charge on any atom is -0.300 e. The maximum Gasteiger partial charge on any atom is 0.136 e. The minimum atomic E-state index is -0.286. The predicted molar refractivity (Wildman–Crippen MR) is 76.5 cm³/mol. The molecule has 0 bridgehead atoms. The number of rotatable bonds is 2. The largest absolute Gasteiger partial charge is 0.300 e. The van der Waals surface area contributed by atoms with Crippen molar-refractivity contribution in [1.82, 2.24) is 4.67 Å². The summed E-state index contributed by atoms with van der Waals surface area (Å²) in [6.45, 7) is 0.886. The van der Waals surface area contributed by atoms with Crippen LogP contribution in [0, 0.1) is 0 Å². The number of carbonyl (C=O) groups excluding carboxylic acids is 1. The summed E-state index contributed by atoms with van der Waals surface area (Å²) < 4.78 is 2.42. The maximum atomic E-state index is 11.6. The SMILES string of the molecule is O=C1CCN(P(P)P)C(c2ccccc2)C1. The number of Topliss-reactive ketones (excluding diaryl/α,β-unsaturated/α-hetero) is 1. The monoisotopic (exact) mass is 271 g/mol. The van der Waals surface area contributed by atoms with Crippen LogP contribution < -0.4 is 0 Å². The van der Waals surface area contributed by atoms with Gasteiger partial charge in [-0.25, -0.2) is 0 Å². The van der Waals surface area contributed by atoms with E-state index in [-0.39, 0.29) is 13.5 Å².